The Bertz CT molecular complexity index is 888. The van der Waals surface area contributed by atoms with Crippen LogP contribution in [0.3, 0.4) is 0 Å². The van der Waals surface area contributed by atoms with Crippen LogP contribution in [-0.4, -0.2) is 29.3 Å². The fourth-order valence-corrected chi connectivity index (χ4v) is 3.79. The fourth-order valence-electron chi connectivity index (χ4n) is 2.75. The van der Waals surface area contributed by atoms with Crippen molar-refractivity contribution in [1.82, 2.24) is 0 Å². The Morgan fingerprint density at radius 2 is 1.73 bits per heavy atom. The van der Waals surface area contributed by atoms with Gasteiger partial charge >= 0.3 is 0 Å². The molecule has 0 amide bonds. The first-order valence-corrected chi connectivity index (χ1v) is 14.5. The number of methoxy groups -OCH3 is 2. The first-order valence-electron chi connectivity index (χ1n) is 11.6. The molecule has 0 saturated heterocycles. The van der Waals surface area contributed by atoms with Gasteiger partial charge in [-0.15, -0.1) is 23.7 Å². The second-order valence-corrected chi connectivity index (χ2v) is 14.3. The number of hydrogen-bond donors (Lipinski definition) is 0. The van der Waals surface area contributed by atoms with Crippen molar-refractivity contribution in [2.24, 2.45) is 5.92 Å². The van der Waals surface area contributed by atoms with Crippen molar-refractivity contribution in [3.05, 3.63) is 29.8 Å². The summed E-state index contributed by atoms with van der Waals surface area (Å²) in [7, 11) is 1.19. The highest BCUT2D eigenvalue weighted by Crippen LogP contribution is 2.42. The van der Waals surface area contributed by atoms with E-state index < -0.39 is 8.32 Å². The van der Waals surface area contributed by atoms with Crippen LogP contribution in [-0.2, 0) is 9.16 Å². The van der Waals surface area contributed by atoms with E-state index in [0.29, 0.717) is 5.75 Å². The van der Waals surface area contributed by atoms with E-state index in [2.05, 4.69) is 70.5 Å². The quantitative estimate of drug-likeness (QED) is 0.112. The number of hydrogen-bond acceptors (Lipinski definition) is 4. The van der Waals surface area contributed by atoms with Crippen LogP contribution in [0, 0.1) is 29.6 Å². The molecule has 0 spiro atoms. The highest BCUT2D eigenvalue weighted by Gasteiger charge is 2.40. The van der Waals surface area contributed by atoms with Crippen LogP contribution in [0.15, 0.2) is 24.3 Å². The smallest absolute Gasteiger partial charge is 0.250 e. The fraction of sp³-hybridized carbons (Fsp3) is 0.571. The Morgan fingerprint density at radius 1 is 1.06 bits per heavy atom. The van der Waals surface area contributed by atoms with Crippen molar-refractivity contribution in [3.63, 3.8) is 0 Å². The van der Waals surface area contributed by atoms with Crippen molar-refractivity contribution in [1.29, 1.82) is 0 Å². The van der Waals surface area contributed by atoms with E-state index in [-0.39, 0.29) is 17.7 Å². The molecule has 0 saturated carbocycles. The third kappa shape index (κ3) is 9.99. The Morgan fingerprint density at radius 3 is 2.33 bits per heavy atom. The Kier molecular flexibility index (Phi) is 12.2. The number of allylic oxidation sites excluding steroid dienone is 1. The van der Waals surface area contributed by atoms with E-state index >= 15 is 0 Å². The van der Waals surface area contributed by atoms with Gasteiger partial charge in [0.1, 0.15) is 17.3 Å². The highest BCUT2D eigenvalue weighted by molar-refractivity contribution is 6.74. The van der Waals surface area contributed by atoms with E-state index in [0.717, 1.165) is 42.8 Å². The van der Waals surface area contributed by atoms with Gasteiger partial charge in [0.2, 0.25) is 8.32 Å². The first kappa shape index (κ1) is 28.7. The molecule has 0 aliphatic carbocycles. The van der Waals surface area contributed by atoms with Crippen LogP contribution in [0.5, 0.6) is 11.5 Å². The van der Waals surface area contributed by atoms with Crippen molar-refractivity contribution >= 4 is 14.1 Å². The number of rotatable bonds is 11. The standard InChI is InChI=1S/C28H42O4Si/c1-10-11-12-13-14-15-16-17-23(2)20-27(32-33(8,9)28(3,4)5)25-21-24(30-7)18-19-26(25)31-22-29-6/h18-21,23H,12-13,16-17,22H2,1-9H3/b27-20-/t23-/m0/s1. The molecule has 0 unspecified atom stereocenters. The Labute approximate surface area is 203 Å². The molecule has 33 heavy (non-hydrogen) atoms. The van der Waals surface area contributed by atoms with E-state index in [9.17, 15) is 0 Å². The molecule has 0 radical (unpaired) electrons. The third-order valence-corrected chi connectivity index (χ3v) is 10.1. The molecular weight excluding hydrogens is 428 g/mol. The summed E-state index contributed by atoms with van der Waals surface area (Å²) in [6.07, 6.45) is 5.67. The molecule has 0 N–H and O–H groups in total. The molecule has 0 aromatic heterocycles. The molecule has 1 aromatic rings. The van der Waals surface area contributed by atoms with Gasteiger partial charge in [0.25, 0.3) is 0 Å². The maximum Gasteiger partial charge on any atom is 0.250 e. The summed E-state index contributed by atoms with van der Waals surface area (Å²) in [5, 5.41) is 0.0641. The molecule has 1 rings (SSSR count). The normalized spacial score (nSPS) is 12.7. The third-order valence-electron chi connectivity index (χ3n) is 5.79. The predicted molar refractivity (Wildman–Crippen MR) is 141 cm³/mol. The summed E-state index contributed by atoms with van der Waals surface area (Å²) in [5.41, 5.74) is 0.882. The van der Waals surface area contributed by atoms with Gasteiger partial charge in [-0.05, 0) is 61.7 Å². The van der Waals surface area contributed by atoms with Gasteiger partial charge in [-0.3, -0.25) is 0 Å². The van der Waals surface area contributed by atoms with Crippen molar-refractivity contribution in [2.75, 3.05) is 21.0 Å². The van der Waals surface area contributed by atoms with E-state index in [1.165, 1.54) is 0 Å². The second-order valence-electron chi connectivity index (χ2n) is 9.60. The lowest BCUT2D eigenvalue weighted by Gasteiger charge is -2.38. The summed E-state index contributed by atoms with van der Waals surface area (Å²) in [6, 6.07) is 5.77. The minimum atomic E-state index is -2.09. The summed E-state index contributed by atoms with van der Waals surface area (Å²) >= 11 is 0. The maximum atomic E-state index is 6.82. The van der Waals surface area contributed by atoms with Gasteiger partial charge in [0.05, 0.1) is 12.7 Å². The Balaban J connectivity index is 3.25. The van der Waals surface area contributed by atoms with Crippen LogP contribution in [0.1, 0.15) is 65.9 Å². The van der Waals surface area contributed by atoms with Crippen molar-refractivity contribution in [2.45, 2.75) is 78.4 Å². The minimum absolute atomic E-state index is 0.0641. The highest BCUT2D eigenvalue weighted by atomic mass is 28.4. The number of ether oxygens (including phenoxy) is 3. The monoisotopic (exact) mass is 470 g/mol. The summed E-state index contributed by atoms with van der Waals surface area (Å²) in [4.78, 5) is 0. The van der Waals surface area contributed by atoms with Crippen LogP contribution >= 0.6 is 0 Å². The first-order chi connectivity index (χ1) is 15.6. The van der Waals surface area contributed by atoms with E-state index in [4.69, 9.17) is 18.6 Å². The molecule has 4 nitrogen and oxygen atoms in total. The summed E-state index contributed by atoms with van der Waals surface area (Å²) < 4.78 is 23.3. The van der Waals surface area contributed by atoms with Gasteiger partial charge in [0, 0.05) is 26.4 Å². The van der Waals surface area contributed by atoms with Gasteiger partial charge in [-0.2, -0.15) is 0 Å². The zero-order chi connectivity index (χ0) is 24.9. The number of benzene rings is 1. The lowest BCUT2D eigenvalue weighted by Crippen LogP contribution is -2.40. The summed E-state index contributed by atoms with van der Waals surface area (Å²) in [5.74, 6) is 15.0. The van der Waals surface area contributed by atoms with Crippen LogP contribution < -0.4 is 9.47 Å². The number of unbranched alkanes of at least 4 members (excludes halogenated alkanes) is 1. The molecule has 0 aliphatic heterocycles. The molecule has 0 heterocycles. The molecule has 182 valence electrons. The van der Waals surface area contributed by atoms with Crippen LogP contribution in [0.2, 0.25) is 18.1 Å². The van der Waals surface area contributed by atoms with E-state index in [1.54, 1.807) is 14.2 Å². The Hall–Kier alpha value is -2.34. The molecule has 0 aliphatic rings. The van der Waals surface area contributed by atoms with Gasteiger partial charge in [-0.1, -0.05) is 27.7 Å². The van der Waals surface area contributed by atoms with Gasteiger partial charge in [-0.25, -0.2) is 0 Å². The van der Waals surface area contributed by atoms with Crippen LogP contribution in [0.4, 0.5) is 0 Å². The lowest BCUT2D eigenvalue weighted by molar-refractivity contribution is 0.0507. The molecule has 1 atom stereocenters. The second kappa shape index (κ2) is 14.0. The predicted octanol–water partition coefficient (Wildman–Crippen LogP) is 7.26. The average molecular weight is 471 g/mol. The largest absolute Gasteiger partial charge is 0.543 e. The molecular formula is C28H42O4Si. The molecule has 1 aromatic carbocycles. The zero-order valence-corrected chi connectivity index (χ0v) is 23.1. The van der Waals surface area contributed by atoms with E-state index in [1.807, 2.05) is 25.1 Å². The van der Waals surface area contributed by atoms with Crippen molar-refractivity contribution < 1.29 is 18.6 Å². The average Bonchev–Trinajstić information content (AvgIpc) is 2.75. The molecule has 0 fully saturated rings. The van der Waals surface area contributed by atoms with Crippen LogP contribution in [0.25, 0.3) is 5.76 Å². The lowest BCUT2D eigenvalue weighted by atomic mass is 10.0. The maximum absolute atomic E-state index is 6.82. The topological polar surface area (TPSA) is 36.9 Å². The van der Waals surface area contributed by atoms with Crippen molar-refractivity contribution in [3.8, 4) is 35.2 Å². The van der Waals surface area contributed by atoms with Gasteiger partial charge < -0.3 is 18.6 Å². The zero-order valence-electron chi connectivity index (χ0n) is 22.1. The molecule has 0 bridgehead atoms. The van der Waals surface area contributed by atoms with Gasteiger partial charge in [0.15, 0.2) is 6.79 Å². The molecule has 5 heteroatoms. The summed E-state index contributed by atoms with van der Waals surface area (Å²) in [6.45, 7) is 15.5. The SMILES string of the molecule is CC#CCCC#CCC[C@H](C)/C=C(\O[Si](C)(C)C(C)(C)C)c1cc(OC)ccc1OCOC. The minimum Gasteiger partial charge on any atom is -0.543 e.